The van der Waals surface area contributed by atoms with E-state index < -0.39 is 0 Å². The highest BCUT2D eigenvalue weighted by molar-refractivity contribution is 7.07. The lowest BCUT2D eigenvalue weighted by Gasteiger charge is -2.17. The maximum Gasteiger partial charge on any atom is 0.238 e. The van der Waals surface area contributed by atoms with Crippen LogP contribution >= 0.6 is 22.9 Å². The van der Waals surface area contributed by atoms with Crippen LogP contribution in [0.2, 0.25) is 5.02 Å². The molecule has 1 aromatic carbocycles. The molecule has 2 aromatic heterocycles. The molecule has 0 spiro atoms. The molecule has 0 unspecified atom stereocenters. The van der Waals surface area contributed by atoms with E-state index in [-0.39, 0.29) is 12.5 Å². The average Bonchev–Trinajstić information content (AvgIpc) is 3.20. The lowest BCUT2D eigenvalue weighted by Crippen LogP contribution is -2.30. The Hall–Kier alpha value is -2.22. The van der Waals surface area contributed by atoms with Gasteiger partial charge in [-0.05, 0) is 47.6 Å². The maximum absolute atomic E-state index is 12.3. The number of amides is 1. The van der Waals surface area contributed by atoms with Crippen molar-refractivity contribution >= 4 is 34.5 Å². The molecule has 0 aliphatic rings. The van der Waals surface area contributed by atoms with Gasteiger partial charge < -0.3 is 5.32 Å². The molecule has 0 atom stereocenters. The first-order valence-corrected chi connectivity index (χ1v) is 8.58. The summed E-state index contributed by atoms with van der Waals surface area (Å²) in [5.74, 6) is -0.114. The highest BCUT2D eigenvalue weighted by Gasteiger charge is 2.12. The maximum atomic E-state index is 12.3. The number of hydrogen-bond donors (Lipinski definition) is 1. The number of anilines is 1. The van der Waals surface area contributed by atoms with Crippen LogP contribution in [0.1, 0.15) is 5.56 Å². The largest absolute Gasteiger partial charge is 0.323 e. The number of thiophene rings is 1. The van der Waals surface area contributed by atoms with Crippen LogP contribution in [0.5, 0.6) is 0 Å². The fourth-order valence-electron chi connectivity index (χ4n) is 2.33. The summed E-state index contributed by atoms with van der Waals surface area (Å²) in [6.07, 6.45) is 3.01. The third-order valence-corrected chi connectivity index (χ3v) is 4.31. The van der Waals surface area contributed by atoms with Crippen molar-refractivity contribution in [2.75, 3.05) is 18.9 Å². The Morgan fingerprint density at radius 3 is 3.00 bits per heavy atom. The molecule has 6 nitrogen and oxygen atoms in total. The normalized spacial score (nSPS) is 11.0. The van der Waals surface area contributed by atoms with Crippen molar-refractivity contribution in [3.63, 3.8) is 0 Å². The van der Waals surface area contributed by atoms with Crippen molar-refractivity contribution in [3.8, 4) is 5.69 Å². The van der Waals surface area contributed by atoms with Gasteiger partial charge in [0.1, 0.15) is 12.7 Å². The predicted molar refractivity (Wildman–Crippen MR) is 95.7 cm³/mol. The fraction of sp³-hybridized carbons (Fsp3) is 0.188. The first-order chi connectivity index (χ1) is 11.6. The fourth-order valence-corrected chi connectivity index (χ4v) is 3.16. The lowest BCUT2D eigenvalue weighted by molar-refractivity contribution is -0.117. The van der Waals surface area contributed by atoms with Crippen LogP contribution in [0.3, 0.4) is 0 Å². The molecule has 3 rings (SSSR count). The van der Waals surface area contributed by atoms with Gasteiger partial charge in [-0.25, -0.2) is 9.67 Å². The number of hydrogen-bond acceptors (Lipinski definition) is 5. The second-order valence-electron chi connectivity index (χ2n) is 5.35. The zero-order valence-electron chi connectivity index (χ0n) is 13.0. The number of halogens is 1. The molecular formula is C16H16ClN5OS. The van der Waals surface area contributed by atoms with Crippen LogP contribution in [0, 0.1) is 0 Å². The van der Waals surface area contributed by atoms with Crippen LogP contribution in [0.15, 0.2) is 47.7 Å². The standard InChI is InChI=1S/C16H16ClN5OS/c1-21(7-12-4-5-24-9-12)8-16(23)20-14-6-13(17)2-3-15(14)22-11-18-10-19-22/h2-6,9-11H,7-8H2,1H3,(H,20,23). The molecule has 0 bridgehead atoms. The molecule has 3 aromatic rings. The molecular weight excluding hydrogens is 346 g/mol. The third-order valence-electron chi connectivity index (χ3n) is 3.34. The molecule has 0 aliphatic carbocycles. The van der Waals surface area contributed by atoms with Crippen molar-refractivity contribution in [3.05, 3.63) is 58.3 Å². The molecule has 0 radical (unpaired) electrons. The van der Waals surface area contributed by atoms with E-state index >= 15 is 0 Å². The summed E-state index contributed by atoms with van der Waals surface area (Å²) in [4.78, 5) is 18.2. The number of nitrogens with zero attached hydrogens (tertiary/aromatic N) is 4. The van der Waals surface area contributed by atoms with Crippen molar-refractivity contribution in [2.24, 2.45) is 0 Å². The molecule has 8 heteroatoms. The Labute approximate surface area is 148 Å². The summed E-state index contributed by atoms with van der Waals surface area (Å²) in [5.41, 5.74) is 2.51. The molecule has 24 heavy (non-hydrogen) atoms. The van der Waals surface area contributed by atoms with E-state index in [9.17, 15) is 4.79 Å². The predicted octanol–water partition coefficient (Wildman–Crippen LogP) is 3.05. The number of benzene rings is 1. The van der Waals surface area contributed by atoms with Gasteiger partial charge in [-0.3, -0.25) is 9.69 Å². The Morgan fingerprint density at radius 2 is 2.29 bits per heavy atom. The monoisotopic (exact) mass is 361 g/mol. The van der Waals surface area contributed by atoms with Crippen molar-refractivity contribution < 1.29 is 4.79 Å². The number of likely N-dealkylation sites (N-methyl/N-ethyl adjacent to an activating group) is 1. The second kappa shape index (κ2) is 7.57. The summed E-state index contributed by atoms with van der Waals surface area (Å²) in [5, 5.41) is 11.6. The summed E-state index contributed by atoms with van der Waals surface area (Å²) in [6.45, 7) is 1.00. The Kier molecular flexibility index (Phi) is 5.24. The van der Waals surface area contributed by atoms with Gasteiger partial charge in [0.25, 0.3) is 0 Å². The molecule has 2 heterocycles. The average molecular weight is 362 g/mol. The minimum atomic E-state index is -0.114. The Bertz CT molecular complexity index is 804. The highest BCUT2D eigenvalue weighted by Crippen LogP contribution is 2.24. The summed E-state index contributed by atoms with van der Waals surface area (Å²) < 4.78 is 1.58. The molecule has 1 amide bonds. The van der Waals surface area contributed by atoms with Crippen LogP contribution in [-0.2, 0) is 11.3 Å². The molecule has 1 N–H and O–H groups in total. The van der Waals surface area contributed by atoms with E-state index in [1.54, 1.807) is 40.5 Å². The van der Waals surface area contributed by atoms with E-state index in [1.807, 2.05) is 17.3 Å². The third kappa shape index (κ3) is 4.19. The van der Waals surface area contributed by atoms with E-state index in [0.29, 0.717) is 16.4 Å². The van der Waals surface area contributed by atoms with Crippen molar-refractivity contribution in [1.29, 1.82) is 0 Å². The molecule has 124 valence electrons. The van der Waals surface area contributed by atoms with Gasteiger partial charge >= 0.3 is 0 Å². The van der Waals surface area contributed by atoms with E-state index in [4.69, 9.17) is 11.6 Å². The smallest absolute Gasteiger partial charge is 0.238 e. The topological polar surface area (TPSA) is 63.1 Å². The van der Waals surface area contributed by atoms with Gasteiger partial charge in [-0.1, -0.05) is 11.6 Å². The number of nitrogens with one attached hydrogen (secondary N) is 1. The second-order valence-corrected chi connectivity index (χ2v) is 6.57. The molecule has 0 saturated heterocycles. The van der Waals surface area contributed by atoms with Gasteiger partial charge in [-0.2, -0.15) is 16.4 Å². The first-order valence-electron chi connectivity index (χ1n) is 7.26. The van der Waals surface area contributed by atoms with Crippen molar-refractivity contribution in [2.45, 2.75) is 6.54 Å². The summed E-state index contributed by atoms with van der Waals surface area (Å²) in [7, 11) is 1.91. The zero-order valence-corrected chi connectivity index (χ0v) is 14.6. The van der Waals surface area contributed by atoms with E-state index in [2.05, 4.69) is 26.8 Å². The van der Waals surface area contributed by atoms with Crippen molar-refractivity contribution in [1.82, 2.24) is 19.7 Å². The molecule has 0 saturated carbocycles. The minimum absolute atomic E-state index is 0.114. The highest BCUT2D eigenvalue weighted by atomic mass is 35.5. The number of carbonyl (C=O) groups is 1. The number of carbonyl (C=O) groups excluding carboxylic acids is 1. The Balaban J connectivity index is 1.69. The summed E-state index contributed by atoms with van der Waals surface area (Å²) >= 11 is 7.70. The first kappa shape index (κ1) is 16.6. The van der Waals surface area contributed by atoms with Gasteiger partial charge in [0.15, 0.2) is 0 Å². The Morgan fingerprint density at radius 1 is 1.42 bits per heavy atom. The SMILES string of the molecule is CN(CC(=O)Nc1cc(Cl)ccc1-n1cncn1)Cc1ccsc1. The van der Waals surface area contributed by atoms with Gasteiger partial charge in [-0.15, -0.1) is 0 Å². The number of aromatic nitrogens is 3. The molecule has 0 fully saturated rings. The minimum Gasteiger partial charge on any atom is -0.323 e. The van der Waals surface area contributed by atoms with Crippen LogP contribution in [-0.4, -0.2) is 39.2 Å². The molecule has 0 aliphatic heterocycles. The van der Waals surface area contributed by atoms with Gasteiger partial charge in [0.2, 0.25) is 5.91 Å². The van der Waals surface area contributed by atoms with E-state index in [1.165, 1.54) is 11.9 Å². The van der Waals surface area contributed by atoms with E-state index in [0.717, 1.165) is 6.54 Å². The number of rotatable bonds is 6. The van der Waals surface area contributed by atoms with Gasteiger partial charge in [0.05, 0.1) is 17.9 Å². The van der Waals surface area contributed by atoms with Crippen LogP contribution < -0.4 is 5.32 Å². The zero-order chi connectivity index (χ0) is 16.9. The van der Waals surface area contributed by atoms with Crippen LogP contribution in [0.25, 0.3) is 5.69 Å². The lowest BCUT2D eigenvalue weighted by atomic mass is 10.2. The van der Waals surface area contributed by atoms with Gasteiger partial charge in [0, 0.05) is 11.6 Å². The quantitative estimate of drug-likeness (QED) is 0.733. The van der Waals surface area contributed by atoms with Crippen LogP contribution in [0.4, 0.5) is 5.69 Å². The summed E-state index contributed by atoms with van der Waals surface area (Å²) in [6, 6.07) is 7.30.